The molecule has 0 bridgehead atoms. The van der Waals surface area contributed by atoms with Gasteiger partial charge in [-0.05, 0) is 38.1 Å². The number of unbranched alkanes of at least 4 members (excludes halogenated alkanes) is 1. The van der Waals surface area contributed by atoms with Gasteiger partial charge in [-0.25, -0.2) is 0 Å². The van der Waals surface area contributed by atoms with Crippen LogP contribution in [0.4, 0.5) is 17.6 Å². The third-order valence-corrected chi connectivity index (χ3v) is 3.65. The Morgan fingerprint density at radius 2 is 1.91 bits per heavy atom. The maximum atomic E-state index is 5.84. The Balaban J connectivity index is 2.13. The van der Waals surface area contributed by atoms with Gasteiger partial charge in [0.25, 0.3) is 0 Å². The van der Waals surface area contributed by atoms with Crippen LogP contribution in [0.3, 0.4) is 0 Å². The lowest BCUT2D eigenvalue weighted by Crippen LogP contribution is -2.21. The van der Waals surface area contributed by atoms with Gasteiger partial charge in [0, 0.05) is 5.69 Å². The van der Waals surface area contributed by atoms with Crippen molar-refractivity contribution >= 4 is 17.6 Å². The summed E-state index contributed by atoms with van der Waals surface area (Å²) >= 11 is 0. The van der Waals surface area contributed by atoms with E-state index in [1.54, 1.807) is 0 Å². The highest BCUT2D eigenvalue weighted by atomic mass is 15.2. The first kappa shape index (κ1) is 17.1. The SMILES string of the molecule is CCCCN(C)Cc1nc(N)nc(Nc2ccccc2CC)n1. The summed E-state index contributed by atoms with van der Waals surface area (Å²) in [7, 11) is 2.06. The standard InChI is InChI=1S/C17H26N6/c1-4-6-11-23(3)12-15-20-16(18)22-17(21-15)19-14-10-8-7-9-13(14)5-2/h7-10H,4-6,11-12H2,1-3H3,(H3,18,19,20,21,22). The van der Waals surface area contributed by atoms with Crippen LogP contribution in [0.2, 0.25) is 0 Å². The molecular formula is C17H26N6. The second-order valence-corrected chi connectivity index (χ2v) is 5.66. The Labute approximate surface area is 138 Å². The van der Waals surface area contributed by atoms with Crippen molar-refractivity contribution in [3.63, 3.8) is 0 Å². The largest absolute Gasteiger partial charge is 0.368 e. The van der Waals surface area contributed by atoms with Gasteiger partial charge in [0.1, 0.15) is 5.82 Å². The minimum absolute atomic E-state index is 0.246. The molecule has 23 heavy (non-hydrogen) atoms. The van der Waals surface area contributed by atoms with Crippen LogP contribution in [0.5, 0.6) is 0 Å². The summed E-state index contributed by atoms with van der Waals surface area (Å²) in [5, 5.41) is 3.26. The van der Waals surface area contributed by atoms with E-state index in [0.29, 0.717) is 18.3 Å². The highest BCUT2D eigenvalue weighted by Gasteiger charge is 2.09. The van der Waals surface area contributed by atoms with Gasteiger partial charge in [-0.15, -0.1) is 0 Å². The van der Waals surface area contributed by atoms with E-state index < -0.39 is 0 Å². The molecule has 0 saturated carbocycles. The number of rotatable bonds is 8. The summed E-state index contributed by atoms with van der Waals surface area (Å²) in [6.45, 7) is 5.98. The van der Waals surface area contributed by atoms with Crippen molar-refractivity contribution in [1.82, 2.24) is 19.9 Å². The molecular weight excluding hydrogens is 288 g/mol. The number of para-hydroxylation sites is 1. The van der Waals surface area contributed by atoms with Crippen molar-refractivity contribution in [2.45, 2.75) is 39.7 Å². The zero-order valence-corrected chi connectivity index (χ0v) is 14.2. The van der Waals surface area contributed by atoms with Gasteiger partial charge in [0.05, 0.1) is 6.54 Å². The average Bonchev–Trinajstić information content (AvgIpc) is 2.53. The Hall–Kier alpha value is -2.21. The van der Waals surface area contributed by atoms with E-state index in [-0.39, 0.29) is 5.95 Å². The fourth-order valence-corrected chi connectivity index (χ4v) is 2.38. The molecule has 0 aliphatic heterocycles. The highest BCUT2D eigenvalue weighted by molar-refractivity contribution is 5.58. The third kappa shape index (κ3) is 5.17. The Bertz CT molecular complexity index is 628. The van der Waals surface area contributed by atoms with Gasteiger partial charge in [-0.2, -0.15) is 15.0 Å². The Morgan fingerprint density at radius 3 is 2.65 bits per heavy atom. The summed E-state index contributed by atoms with van der Waals surface area (Å²) in [6, 6.07) is 8.13. The lowest BCUT2D eigenvalue weighted by molar-refractivity contribution is 0.313. The second-order valence-electron chi connectivity index (χ2n) is 5.66. The van der Waals surface area contributed by atoms with E-state index in [2.05, 4.69) is 52.1 Å². The van der Waals surface area contributed by atoms with E-state index in [1.165, 1.54) is 12.0 Å². The number of benzene rings is 1. The van der Waals surface area contributed by atoms with Crippen LogP contribution in [0.1, 0.15) is 38.1 Å². The smallest absolute Gasteiger partial charge is 0.232 e. The van der Waals surface area contributed by atoms with Crippen molar-refractivity contribution in [2.75, 3.05) is 24.6 Å². The van der Waals surface area contributed by atoms with Crippen molar-refractivity contribution in [3.05, 3.63) is 35.7 Å². The minimum Gasteiger partial charge on any atom is -0.368 e. The summed E-state index contributed by atoms with van der Waals surface area (Å²) in [4.78, 5) is 15.1. The van der Waals surface area contributed by atoms with Crippen molar-refractivity contribution < 1.29 is 0 Å². The molecule has 0 fully saturated rings. The number of anilines is 3. The normalized spacial score (nSPS) is 11.0. The van der Waals surface area contributed by atoms with Crippen LogP contribution in [0.15, 0.2) is 24.3 Å². The molecule has 1 heterocycles. The quantitative estimate of drug-likeness (QED) is 0.779. The minimum atomic E-state index is 0.246. The molecule has 2 aromatic rings. The molecule has 0 aliphatic rings. The molecule has 124 valence electrons. The molecule has 0 aliphatic carbocycles. The van der Waals surface area contributed by atoms with Crippen LogP contribution in [0.25, 0.3) is 0 Å². The monoisotopic (exact) mass is 314 g/mol. The van der Waals surface area contributed by atoms with Crippen molar-refractivity contribution in [3.8, 4) is 0 Å². The Morgan fingerprint density at radius 1 is 1.13 bits per heavy atom. The third-order valence-electron chi connectivity index (χ3n) is 3.65. The Kier molecular flexibility index (Phi) is 6.29. The van der Waals surface area contributed by atoms with E-state index in [4.69, 9.17) is 5.73 Å². The first-order valence-corrected chi connectivity index (χ1v) is 8.16. The van der Waals surface area contributed by atoms with Crippen LogP contribution in [-0.4, -0.2) is 33.4 Å². The molecule has 0 unspecified atom stereocenters. The molecule has 2 rings (SSSR count). The lowest BCUT2D eigenvalue weighted by Gasteiger charge is -2.16. The van der Waals surface area contributed by atoms with Crippen LogP contribution in [0, 0.1) is 0 Å². The fraction of sp³-hybridized carbons (Fsp3) is 0.471. The number of hydrogen-bond donors (Lipinski definition) is 2. The van der Waals surface area contributed by atoms with Gasteiger partial charge >= 0.3 is 0 Å². The molecule has 0 saturated heterocycles. The number of nitrogens with two attached hydrogens (primary N) is 1. The van der Waals surface area contributed by atoms with Crippen LogP contribution < -0.4 is 11.1 Å². The van der Waals surface area contributed by atoms with Crippen LogP contribution in [-0.2, 0) is 13.0 Å². The van der Waals surface area contributed by atoms with E-state index in [0.717, 1.165) is 25.1 Å². The van der Waals surface area contributed by atoms with E-state index in [1.807, 2.05) is 18.2 Å². The van der Waals surface area contributed by atoms with E-state index in [9.17, 15) is 0 Å². The summed E-state index contributed by atoms with van der Waals surface area (Å²) in [5.74, 6) is 1.43. The maximum Gasteiger partial charge on any atom is 0.232 e. The predicted octanol–water partition coefficient (Wildman–Crippen LogP) is 2.99. The number of nitrogens with one attached hydrogen (secondary N) is 1. The molecule has 6 nitrogen and oxygen atoms in total. The first-order chi connectivity index (χ1) is 11.1. The fourth-order valence-electron chi connectivity index (χ4n) is 2.38. The lowest BCUT2D eigenvalue weighted by atomic mass is 10.1. The van der Waals surface area contributed by atoms with Gasteiger partial charge in [0.2, 0.25) is 11.9 Å². The van der Waals surface area contributed by atoms with E-state index >= 15 is 0 Å². The molecule has 6 heteroatoms. The zero-order chi connectivity index (χ0) is 16.7. The molecule has 1 aromatic carbocycles. The summed E-state index contributed by atoms with van der Waals surface area (Å²) in [6.07, 6.45) is 3.27. The predicted molar refractivity (Wildman–Crippen MR) is 94.6 cm³/mol. The van der Waals surface area contributed by atoms with Gasteiger partial charge < -0.3 is 11.1 Å². The zero-order valence-electron chi connectivity index (χ0n) is 14.2. The summed E-state index contributed by atoms with van der Waals surface area (Å²) < 4.78 is 0. The highest BCUT2D eigenvalue weighted by Crippen LogP contribution is 2.19. The number of nitrogen functional groups attached to an aromatic ring is 1. The molecule has 0 atom stereocenters. The first-order valence-electron chi connectivity index (χ1n) is 8.16. The molecule has 0 amide bonds. The maximum absolute atomic E-state index is 5.84. The molecule has 0 spiro atoms. The van der Waals surface area contributed by atoms with Crippen LogP contribution >= 0.6 is 0 Å². The molecule has 3 N–H and O–H groups in total. The average molecular weight is 314 g/mol. The van der Waals surface area contributed by atoms with Crippen molar-refractivity contribution in [1.29, 1.82) is 0 Å². The molecule has 1 aromatic heterocycles. The number of aryl methyl sites for hydroxylation is 1. The molecule has 0 radical (unpaired) electrons. The van der Waals surface area contributed by atoms with Gasteiger partial charge in [-0.1, -0.05) is 38.5 Å². The van der Waals surface area contributed by atoms with Gasteiger partial charge in [0.15, 0.2) is 0 Å². The topological polar surface area (TPSA) is 80.0 Å². The number of aromatic nitrogens is 3. The van der Waals surface area contributed by atoms with Gasteiger partial charge in [-0.3, -0.25) is 4.90 Å². The van der Waals surface area contributed by atoms with Crippen molar-refractivity contribution in [2.24, 2.45) is 0 Å². The number of nitrogens with zero attached hydrogens (tertiary/aromatic N) is 4. The second kappa shape index (κ2) is 8.43. The number of hydrogen-bond acceptors (Lipinski definition) is 6. The summed E-state index contributed by atoms with van der Waals surface area (Å²) in [5.41, 5.74) is 8.06.